The molecule has 0 saturated heterocycles. The molecule has 0 aliphatic carbocycles. The Labute approximate surface area is 118 Å². The Balaban J connectivity index is 2.47. The fourth-order valence-corrected chi connectivity index (χ4v) is 1.65. The van der Waals surface area contributed by atoms with Crippen LogP contribution in [0.15, 0.2) is 42.5 Å². The number of hydrogen-bond donors (Lipinski definition) is 1. The number of carbonyl (C=O) groups is 1. The molecule has 0 fully saturated rings. The van der Waals surface area contributed by atoms with Crippen molar-refractivity contribution < 1.29 is 19.6 Å². The molecule has 104 valence electrons. The van der Waals surface area contributed by atoms with Gasteiger partial charge in [0.15, 0.2) is 0 Å². The van der Waals surface area contributed by atoms with Crippen molar-refractivity contribution in [1.82, 2.24) is 0 Å². The molecule has 2 aromatic carbocycles. The minimum absolute atomic E-state index is 0.0733. The number of carboxylic acid groups (broad SMARTS) is 1. The Kier molecular flexibility index (Phi) is 3.81. The monoisotopic (exact) mass is 284 g/mol. The van der Waals surface area contributed by atoms with Crippen LogP contribution in [0.3, 0.4) is 0 Å². The fourth-order valence-electron chi connectivity index (χ4n) is 1.65. The molecular formula is C14H8N2O5. The summed E-state index contributed by atoms with van der Waals surface area (Å²) in [6.45, 7) is 0. The Bertz CT molecular complexity index is 764. The first-order valence-electron chi connectivity index (χ1n) is 5.71. The molecule has 7 nitrogen and oxygen atoms in total. The van der Waals surface area contributed by atoms with Gasteiger partial charge in [-0.15, -0.1) is 0 Å². The van der Waals surface area contributed by atoms with Crippen LogP contribution in [0.25, 0.3) is 0 Å². The van der Waals surface area contributed by atoms with Gasteiger partial charge in [0.05, 0.1) is 10.5 Å². The summed E-state index contributed by atoms with van der Waals surface area (Å²) >= 11 is 0. The number of carboxylic acids is 1. The summed E-state index contributed by atoms with van der Waals surface area (Å²) in [6.07, 6.45) is 0. The van der Waals surface area contributed by atoms with Gasteiger partial charge >= 0.3 is 5.97 Å². The van der Waals surface area contributed by atoms with Crippen LogP contribution in [0.4, 0.5) is 5.69 Å². The van der Waals surface area contributed by atoms with Crippen LogP contribution in [-0.4, -0.2) is 16.0 Å². The van der Waals surface area contributed by atoms with Gasteiger partial charge in [-0.25, -0.2) is 4.79 Å². The molecule has 0 aromatic heterocycles. The predicted molar refractivity (Wildman–Crippen MR) is 71.3 cm³/mol. The second kappa shape index (κ2) is 5.71. The number of nitro groups is 1. The molecule has 21 heavy (non-hydrogen) atoms. The van der Waals surface area contributed by atoms with Crippen LogP contribution in [0.5, 0.6) is 11.5 Å². The Morgan fingerprint density at radius 3 is 2.57 bits per heavy atom. The molecule has 0 heterocycles. The molecule has 0 atom stereocenters. The van der Waals surface area contributed by atoms with Crippen LogP contribution < -0.4 is 4.74 Å². The van der Waals surface area contributed by atoms with Crippen molar-refractivity contribution in [1.29, 1.82) is 5.26 Å². The SMILES string of the molecule is N#Cc1ccccc1Oc1ccc([N+](=O)[O-])cc1C(=O)O. The van der Waals surface area contributed by atoms with E-state index < -0.39 is 10.9 Å². The quantitative estimate of drug-likeness (QED) is 0.682. The zero-order chi connectivity index (χ0) is 15.4. The average molecular weight is 284 g/mol. The lowest BCUT2D eigenvalue weighted by Crippen LogP contribution is -2.02. The lowest BCUT2D eigenvalue weighted by atomic mass is 10.1. The van der Waals surface area contributed by atoms with Gasteiger partial charge in [0.1, 0.15) is 23.1 Å². The summed E-state index contributed by atoms with van der Waals surface area (Å²) in [6, 6.07) is 11.4. The van der Waals surface area contributed by atoms with Crippen molar-refractivity contribution in [3.05, 3.63) is 63.7 Å². The van der Waals surface area contributed by atoms with E-state index in [1.54, 1.807) is 12.1 Å². The number of ether oxygens (including phenoxy) is 1. The molecule has 0 amide bonds. The second-order valence-corrected chi connectivity index (χ2v) is 3.95. The number of nitrogens with zero attached hydrogens (tertiary/aromatic N) is 2. The van der Waals surface area contributed by atoms with Crippen LogP contribution in [0.2, 0.25) is 0 Å². The summed E-state index contributed by atoms with van der Waals surface area (Å²) in [5.41, 5.74) is -0.475. The first-order chi connectivity index (χ1) is 10.0. The molecule has 2 rings (SSSR count). The average Bonchev–Trinajstić information content (AvgIpc) is 2.47. The summed E-state index contributed by atoms with van der Waals surface area (Å²) in [5.74, 6) is -1.25. The largest absolute Gasteiger partial charge is 0.478 e. The number of benzene rings is 2. The highest BCUT2D eigenvalue weighted by Gasteiger charge is 2.18. The molecule has 2 aromatic rings. The van der Waals surface area contributed by atoms with E-state index in [0.717, 1.165) is 12.1 Å². The van der Waals surface area contributed by atoms with Gasteiger partial charge in [-0.05, 0) is 18.2 Å². The van der Waals surface area contributed by atoms with E-state index in [2.05, 4.69) is 0 Å². The number of aromatic carboxylic acids is 1. The normalized spacial score (nSPS) is 9.67. The number of non-ortho nitro benzene ring substituents is 1. The standard InChI is InChI=1S/C14H8N2O5/c15-8-9-3-1-2-4-12(9)21-13-6-5-10(16(19)20)7-11(13)14(17)18/h1-7H,(H,17,18). The van der Waals surface area contributed by atoms with Gasteiger partial charge in [-0.2, -0.15) is 5.26 Å². The second-order valence-electron chi connectivity index (χ2n) is 3.95. The zero-order valence-electron chi connectivity index (χ0n) is 10.5. The van der Waals surface area contributed by atoms with E-state index in [9.17, 15) is 14.9 Å². The highest BCUT2D eigenvalue weighted by molar-refractivity contribution is 5.91. The smallest absolute Gasteiger partial charge is 0.339 e. The van der Waals surface area contributed by atoms with Gasteiger partial charge < -0.3 is 9.84 Å². The van der Waals surface area contributed by atoms with E-state index in [1.807, 2.05) is 6.07 Å². The summed E-state index contributed by atoms with van der Waals surface area (Å²) in [5, 5.41) is 28.7. The molecule has 0 radical (unpaired) electrons. The van der Waals surface area contributed by atoms with Crippen molar-refractivity contribution in [3.63, 3.8) is 0 Å². The molecule has 0 aliphatic rings. The van der Waals surface area contributed by atoms with E-state index in [1.165, 1.54) is 18.2 Å². The Morgan fingerprint density at radius 1 is 1.24 bits per heavy atom. The van der Waals surface area contributed by atoms with Gasteiger partial charge in [-0.1, -0.05) is 12.1 Å². The van der Waals surface area contributed by atoms with Crippen molar-refractivity contribution in [2.45, 2.75) is 0 Å². The maximum atomic E-state index is 11.2. The van der Waals surface area contributed by atoms with Crippen LogP contribution >= 0.6 is 0 Å². The lowest BCUT2D eigenvalue weighted by Gasteiger charge is -2.09. The van der Waals surface area contributed by atoms with Gasteiger partial charge in [0.2, 0.25) is 0 Å². The van der Waals surface area contributed by atoms with Crippen LogP contribution in [0.1, 0.15) is 15.9 Å². The molecule has 0 spiro atoms. The number of nitriles is 1. The summed E-state index contributed by atoms with van der Waals surface area (Å²) < 4.78 is 5.40. The molecular weight excluding hydrogens is 276 g/mol. The zero-order valence-corrected chi connectivity index (χ0v) is 10.5. The third-order valence-electron chi connectivity index (χ3n) is 2.63. The third kappa shape index (κ3) is 2.96. The first kappa shape index (κ1) is 14.0. The number of para-hydroxylation sites is 1. The predicted octanol–water partition coefficient (Wildman–Crippen LogP) is 2.96. The van der Waals surface area contributed by atoms with E-state index in [4.69, 9.17) is 15.1 Å². The molecule has 0 bridgehead atoms. The topological polar surface area (TPSA) is 113 Å². The van der Waals surface area contributed by atoms with Gasteiger partial charge in [0.25, 0.3) is 5.69 Å². The minimum atomic E-state index is -1.36. The molecule has 0 unspecified atom stereocenters. The maximum absolute atomic E-state index is 11.2. The van der Waals surface area contributed by atoms with Crippen molar-refractivity contribution in [2.75, 3.05) is 0 Å². The lowest BCUT2D eigenvalue weighted by molar-refractivity contribution is -0.384. The minimum Gasteiger partial charge on any atom is -0.478 e. The van der Waals surface area contributed by atoms with Crippen molar-refractivity contribution in [2.24, 2.45) is 0 Å². The van der Waals surface area contributed by atoms with E-state index >= 15 is 0 Å². The Hall–Kier alpha value is -3.40. The molecule has 7 heteroatoms. The van der Waals surface area contributed by atoms with Crippen molar-refractivity contribution >= 4 is 11.7 Å². The molecule has 1 N–H and O–H groups in total. The van der Waals surface area contributed by atoms with E-state index in [0.29, 0.717) is 0 Å². The van der Waals surface area contributed by atoms with Crippen LogP contribution in [-0.2, 0) is 0 Å². The van der Waals surface area contributed by atoms with Gasteiger partial charge in [0, 0.05) is 12.1 Å². The third-order valence-corrected chi connectivity index (χ3v) is 2.63. The maximum Gasteiger partial charge on any atom is 0.339 e. The van der Waals surface area contributed by atoms with Crippen LogP contribution in [0, 0.1) is 21.4 Å². The highest BCUT2D eigenvalue weighted by atomic mass is 16.6. The van der Waals surface area contributed by atoms with Gasteiger partial charge in [-0.3, -0.25) is 10.1 Å². The molecule has 0 aliphatic heterocycles. The summed E-state index contributed by atoms with van der Waals surface area (Å²) in [7, 11) is 0. The number of nitro benzene ring substituents is 1. The Morgan fingerprint density at radius 2 is 1.95 bits per heavy atom. The molecule has 0 saturated carbocycles. The highest BCUT2D eigenvalue weighted by Crippen LogP contribution is 2.30. The number of rotatable bonds is 4. The number of hydrogen-bond acceptors (Lipinski definition) is 5. The first-order valence-corrected chi connectivity index (χ1v) is 5.71. The summed E-state index contributed by atoms with van der Waals surface area (Å²) in [4.78, 5) is 21.2. The van der Waals surface area contributed by atoms with E-state index in [-0.39, 0.29) is 28.3 Å². The fraction of sp³-hybridized carbons (Fsp3) is 0. The van der Waals surface area contributed by atoms with Crippen molar-refractivity contribution in [3.8, 4) is 17.6 Å².